The van der Waals surface area contributed by atoms with Crippen LogP contribution in [0.25, 0.3) is 17.0 Å². The highest BCUT2D eigenvalue weighted by Crippen LogP contribution is 2.45. The Morgan fingerprint density at radius 3 is 2.55 bits per heavy atom. The lowest BCUT2D eigenvalue weighted by Crippen LogP contribution is -2.04. The molecule has 6 nitrogen and oxygen atoms in total. The van der Waals surface area contributed by atoms with Gasteiger partial charge in [-0.15, -0.1) is 0 Å². The van der Waals surface area contributed by atoms with Gasteiger partial charge in [-0.25, -0.2) is 0 Å². The molecule has 3 aromatic carbocycles. The van der Waals surface area contributed by atoms with E-state index in [9.17, 15) is 9.90 Å². The maximum Gasteiger partial charge on any atom is 0.204 e. The minimum absolute atomic E-state index is 0.000108. The van der Waals surface area contributed by atoms with Gasteiger partial charge in [0.15, 0.2) is 17.3 Å². The average Bonchev–Trinajstić information content (AvgIpc) is 2.86. The standard InChI is InChI=1S/C27H23NO5/c1-31-23-16-24(33-17-19-7-4-3-5-8-19)27(32-2)26(30)25(23)22(29)13-11-18-10-12-21-20(15-18)9-6-14-28-21/h3-16,30H,17H2,1-2H3/b13-11+. The van der Waals surface area contributed by atoms with Gasteiger partial charge in [0.1, 0.15) is 17.9 Å². The van der Waals surface area contributed by atoms with Crippen molar-refractivity contribution in [2.75, 3.05) is 14.2 Å². The van der Waals surface area contributed by atoms with Crippen LogP contribution in [-0.2, 0) is 6.61 Å². The molecular weight excluding hydrogens is 418 g/mol. The first-order valence-electron chi connectivity index (χ1n) is 10.3. The number of benzene rings is 3. The molecule has 0 aliphatic heterocycles. The molecule has 4 rings (SSSR count). The van der Waals surface area contributed by atoms with Gasteiger partial charge in [0.05, 0.1) is 19.7 Å². The molecule has 166 valence electrons. The number of pyridine rings is 1. The zero-order chi connectivity index (χ0) is 23.2. The number of fused-ring (bicyclic) bond motifs is 1. The number of hydrogen-bond acceptors (Lipinski definition) is 6. The fourth-order valence-electron chi connectivity index (χ4n) is 3.50. The summed E-state index contributed by atoms with van der Waals surface area (Å²) in [5.41, 5.74) is 2.65. The highest BCUT2D eigenvalue weighted by Gasteiger charge is 2.24. The summed E-state index contributed by atoms with van der Waals surface area (Å²) in [6, 6.07) is 20.6. The molecule has 1 aromatic heterocycles. The third-order valence-corrected chi connectivity index (χ3v) is 5.15. The number of ether oxygens (including phenoxy) is 3. The first-order valence-corrected chi connectivity index (χ1v) is 10.3. The summed E-state index contributed by atoms with van der Waals surface area (Å²) in [6.07, 6.45) is 4.80. The van der Waals surface area contributed by atoms with Gasteiger partial charge in [0, 0.05) is 17.6 Å². The normalized spacial score (nSPS) is 11.0. The predicted molar refractivity (Wildman–Crippen MR) is 127 cm³/mol. The fraction of sp³-hybridized carbons (Fsp3) is 0.111. The number of phenols is 1. The van der Waals surface area contributed by atoms with Gasteiger partial charge in [-0.05, 0) is 35.4 Å². The molecule has 0 fully saturated rings. The van der Waals surface area contributed by atoms with Crippen LogP contribution >= 0.6 is 0 Å². The van der Waals surface area contributed by atoms with E-state index in [-0.39, 0.29) is 35.2 Å². The molecule has 0 aliphatic rings. The number of aromatic nitrogens is 1. The van der Waals surface area contributed by atoms with Crippen LogP contribution in [0.2, 0.25) is 0 Å². The second kappa shape index (κ2) is 9.87. The van der Waals surface area contributed by atoms with Crippen LogP contribution in [0.5, 0.6) is 23.0 Å². The van der Waals surface area contributed by atoms with Crippen LogP contribution in [0.3, 0.4) is 0 Å². The van der Waals surface area contributed by atoms with E-state index in [0.29, 0.717) is 0 Å². The minimum Gasteiger partial charge on any atom is -0.504 e. The number of nitrogens with zero attached hydrogens (tertiary/aromatic N) is 1. The summed E-state index contributed by atoms with van der Waals surface area (Å²) in [6.45, 7) is 0.268. The Morgan fingerprint density at radius 2 is 1.79 bits per heavy atom. The van der Waals surface area contributed by atoms with Gasteiger partial charge in [0.25, 0.3) is 0 Å². The lowest BCUT2D eigenvalue weighted by molar-refractivity contribution is 0.104. The first-order chi connectivity index (χ1) is 16.1. The van der Waals surface area contributed by atoms with E-state index < -0.39 is 5.78 Å². The molecule has 1 heterocycles. The Bertz CT molecular complexity index is 1320. The van der Waals surface area contributed by atoms with Gasteiger partial charge in [-0.2, -0.15) is 0 Å². The third-order valence-electron chi connectivity index (χ3n) is 5.15. The number of aromatic hydroxyl groups is 1. The van der Waals surface area contributed by atoms with Crippen LogP contribution in [-0.4, -0.2) is 30.1 Å². The Balaban J connectivity index is 1.62. The SMILES string of the molecule is COc1cc(OCc2ccccc2)c(OC)c(O)c1C(=O)/C=C/c1ccc2ncccc2c1. The van der Waals surface area contributed by atoms with E-state index in [1.807, 2.05) is 60.7 Å². The fourth-order valence-corrected chi connectivity index (χ4v) is 3.50. The van der Waals surface area contributed by atoms with Gasteiger partial charge in [-0.3, -0.25) is 9.78 Å². The smallest absolute Gasteiger partial charge is 0.204 e. The average molecular weight is 441 g/mol. The second-order valence-corrected chi connectivity index (χ2v) is 7.26. The van der Waals surface area contributed by atoms with Crippen molar-refractivity contribution < 1.29 is 24.1 Å². The molecule has 0 spiro atoms. The Hall–Kier alpha value is -4.32. The molecule has 0 atom stereocenters. The van der Waals surface area contributed by atoms with Crippen LogP contribution in [0.15, 0.2) is 79.0 Å². The van der Waals surface area contributed by atoms with Crippen LogP contribution in [0, 0.1) is 0 Å². The van der Waals surface area contributed by atoms with Crippen molar-refractivity contribution in [2.45, 2.75) is 6.61 Å². The van der Waals surface area contributed by atoms with E-state index in [2.05, 4.69) is 4.98 Å². The van der Waals surface area contributed by atoms with Crippen molar-refractivity contribution in [1.29, 1.82) is 0 Å². The highest BCUT2D eigenvalue weighted by atomic mass is 16.5. The number of carbonyl (C=O) groups excluding carboxylic acids is 1. The number of hydrogen-bond donors (Lipinski definition) is 1. The van der Waals surface area contributed by atoms with E-state index in [1.54, 1.807) is 18.3 Å². The summed E-state index contributed by atoms with van der Waals surface area (Å²) in [4.78, 5) is 17.3. The van der Waals surface area contributed by atoms with Crippen molar-refractivity contribution in [3.63, 3.8) is 0 Å². The Labute approximate surface area is 191 Å². The van der Waals surface area contributed by atoms with Gasteiger partial charge >= 0.3 is 0 Å². The molecule has 0 radical (unpaired) electrons. The molecule has 0 aliphatic carbocycles. The lowest BCUT2D eigenvalue weighted by atomic mass is 10.0. The maximum atomic E-state index is 13.0. The van der Waals surface area contributed by atoms with E-state index in [4.69, 9.17) is 14.2 Å². The number of methoxy groups -OCH3 is 2. The van der Waals surface area contributed by atoms with E-state index in [1.165, 1.54) is 20.3 Å². The molecule has 0 saturated carbocycles. The largest absolute Gasteiger partial charge is 0.504 e. The molecule has 0 unspecified atom stereocenters. The monoisotopic (exact) mass is 441 g/mol. The second-order valence-electron chi connectivity index (χ2n) is 7.26. The molecule has 0 saturated heterocycles. The van der Waals surface area contributed by atoms with Crippen LogP contribution in [0.1, 0.15) is 21.5 Å². The van der Waals surface area contributed by atoms with E-state index >= 15 is 0 Å². The summed E-state index contributed by atoms with van der Waals surface area (Å²) in [5.74, 6) is -0.229. The Morgan fingerprint density at radius 1 is 0.970 bits per heavy atom. The van der Waals surface area contributed by atoms with Crippen molar-refractivity contribution in [2.24, 2.45) is 0 Å². The van der Waals surface area contributed by atoms with Crippen molar-refractivity contribution in [3.05, 3.63) is 95.7 Å². The van der Waals surface area contributed by atoms with Crippen LogP contribution < -0.4 is 14.2 Å². The topological polar surface area (TPSA) is 77.9 Å². The van der Waals surface area contributed by atoms with Crippen molar-refractivity contribution in [1.82, 2.24) is 4.98 Å². The quantitative estimate of drug-likeness (QED) is 0.290. The number of ketones is 1. The van der Waals surface area contributed by atoms with Crippen molar-refractivity contribution in [3.8, 4) is 23.0 Å². The maximum absolute atomic E-state index is 13.0. The predicted octanol–water partition coefficient (Wildman–Crippen LogP) is 5.43. The highest BCUT2D eigenvalue weighted by molar-refractivity contribution is 6.11. The summed E-state index contributed by atoms with van der Waals surface area (Å²) in [5, 5.41) is 11.8. The Kier molecular flexibility index (Phi) is 6.55. The summed E-state index contributed by atoms with van der Waals surface area (Å²) < 4.78 is 16.6. The number of carbonyl (C=O) groups is 1. The number of allylic oxidation sites excluding steroid dienone is 1. The number of phenolic OH excluding ortho intramolecular Hbond substituents is 1. The molecule has 1 N–H and O–H groups in total. The minimum atomic E-state index is -0.427. The summed E-state index contributed by atoms with van der Waals surface area (Å²) in [7, 11) is 2.84. The molecule has 4 aromatic rings. The number of rotatable bonds is 8. The molecule has 0 bridgehead atoms. The van der Waals surface area contributed by atoms with Crippen molar-refractivity contribution >= 4 is 22.8 Å². The van der Waals surface area contributed by atoms with E-state index in [0.717, 1.165) is 22.0 Å². The zero-order valence-electron chi connectivity index (χ0n) is 18.3. The summed E-state index contributed by atoms with van der Waals surface area (Å²) >= 11 is 0. The molecular formula is C27H23NO5. The first kappa shape index (κ1) is 21.9. The molecule has 6 heteroatoms. The molecule has 0 amide bonds. The molecule has 33 heavy (non-hydrogen) atoms. The van der Waals surface area contributed by atoms with Gasteiger partial charge in [-0.1, -0.05) is 48.5 Å². The van der Waals surface area contributed by atoms with Gasteiger partial charge < -0.3 is 19.3 Å². The van der Waals surface area contributed by atoms with Gasteiger partial charge in [0.2, 0.25) is 5.75 Å². The third kappa shape index (κ3) is 4.80. The van der Waals surface area contributed by atoms with Crippen LogP contribution in [0.4, 0.5) is 0 Å². The lowest BCUT2D eigenvalue weighted by Gasteiger charge is -2.16. The zero-order valence-corrected chi connectivity index (χ0v) is 18.3.